The van der Waals surface area contributed by atoms with Crippen molar-refractivity contribution in [2.45, 2.75) is 70.8 Å². The normalized spacial score (nSPS) is 12.4. The highest BCUT2D eigenvalue weighted by Gasteiger charge is 2.15. The van der Waals surface area contributed by atoms with Gasteiger partial charge in [-0.05, 0) is 6.42 Å². The molecule has 126 valence electrons. The van der Waals surface area contributed by atoms with Crippen LogP contribution in [-0.4, -0.2) is 52.2 Å². The van der Waals surface area contributed by atoms with Gasteiger partial charge in [-0.15, -0.1) is 0 Å². The van der Waals surface area contributed by atoms with E-state index < -0.39 is 6.10 Å². The lowest BCUT2D eigenvalue weighted by molar-refractivity contribution is -0.130. The minimum atomic E-state index is -0.486. The Morgan fingerprint density at radius 3 is 2.19 bits per heavy atom. The van der Waals surface area contributed by atoms with Crippen LogP contribution in [0.1, 0.15) is 64.7 Å². The van der Waals surface area contributed by atoms with Crippen LogP contribution >= 0.6 is 15.9 Å². The molecule has 0 aromatic carbocycles. The third kappa shape index (κ3) is 12.1. The molecular weight excluding hydrogens is 334 g/mol. The van der Waals surface area contributed by atoms with E-state index in [4.69, 9.17) is 5.11 Å². The van der Waals surface area contributed by atoms with E-state index in [1.165, 1.54) is 43.4 Å². The van der Waals surface area contributed by atoms with Crippen LogP contribution in [0.25, 0.3) is 0 Å². The Morgan fingerprint density at radius 1 is 1.10 bits per heavy atom. The van der Waals surface area contributed by atoms with E-state index in [9.17, 15) is 9.90 Å². The highest BCUT2D eigenvalue weighted by molar-refractivity contribution is 9.09. The summed E-state index contributed by atoms with van der Waals surface area (Å²) in [5, 5.41) is 19.1. The van der Waals surface area contributed by atoms with E-state index >= 15 is 0 Å². The molecule has 1 amide bonds. The Morgan fingerprint density at radius 2 is 1.67 bits per heavy atom. The molecule has 0 heterocycles. The molecular formula is C16H32BrNO3. The number of amides is 1. The van der Waals surface area contributed by atoms with Crippen LogP contribution in [0, 0.1) is 0 Å². The zero-order valence-electron chi connectivity index (χ0n) is 13.4. The van der Waals surface area contributed by atoms with Gasteiger partial charge in [0, 0.05) is 13.1 Å². The molecule has 0 aliphatic carbocycles. The molecule has 4 nitrogen and oxygen atoms in total. The third-order valence-electron chi connectivity index (χ3n) is 3.66. The van der Waals surface area contributed by atoms with Crippen molar-refractivity contribution in [2.24, 2.45) is 0 Å². The molecule has 2 N–H and O–H groups in total. The molecule has 21 heavy (non-hydrogen) atoms. The summed E-state index contributed by atoms with van der Waals surface area (Å²) in [6.45, 7) is 2.77. The van der Waals surface area contributed by atoms with Gasteiger partial charge in [0.2, 0.25) is 5.91 Å². The quantitative estimate of drug-likeness (QED) is 0.367. The maximum absolute atomic E-state index is 11.6. The number of aliphatic hydroxyl groups is 2. The molecule has 0 saturated heterocycles. The summed E-state index contributed by atoms with van der Waals surface area (Å²) in [6.07, 6.45) is 10.2. The molecule has 0 rings (SSSR count). The van der Waals surface area contributed by atoms with Gasteiger partial charge in [-0.2, -0.15) is 0 Å². The average Bonchev–Trinajstić information content (AvgIpc) is 2.48. The van der Waals surface area contributed by atoms with Crippen LogP contribution in [-0.2, 0) is 4.79 Å². The summed E-state index contributed by atoms with van der Waals surface area (Å²) in [5.41, 5.74) is 0. The number of hydrogen-bond acceptors (Lipinski definition) is 3. The predicted molar refractivity (Wildman–Crippen MR) is 90.7 cm³/mol. The fourth-order valence-electron chi connectivity index (χ4n) is 2.38. The van der Waals surface area contributed by atoms with Gasteiger partial charge in [0.25, 0.3) is 0 Å². The number of halogens is 1. The average molecular weight is 366 g/mol. The lowest BCUT2D eigenvalue weighted by Gasteiger charge is -2.24. The molecule has 5 heteroatoms. The van der Waals surface area contributed by atoms with Gasteiger partial charge in [-0.25, -0.2) is 0 Å². The Hall–Kier alpha value is -0.130. The van der Waals surface area contributed by atoms with E-state index in [0.29, 0.717) is 13.1 Å². The molecule has 0 bridgehead atoms. The van der Waals surface area contributed by atoms with E-state index in [1.54, 1.807) is 0 Å². The second-order valence-corrected chi connectivity index (χ2v) is 6.18. The molecule has 0 fully saturated rings. The van der Waals surface area contributed by atoms with Crippen LogP contribution in [0.2, 0.25) is 0 Å². The Labute approximate surface area is 138 Å². The summed E-state index contributed by atoms with van der Waals surface area (Å²) >= 11 is 3.12. The molecule has 1 atom stereocenters. The molecule has 0 aliphatic rings. The van der Waals surface area contributed by atoms with Gasteiger partial charge in [0.05, 0.1) is 18.0 Å². The van der Waals surface area contributed by atoms with Gasteiger partial charge in [0.15, 0.2) is 0 Å². The third-order valence-corrected chi connectivity index (χ3v) is 4.14. The van der Waals surface area contributed by atoms with Gasteiger partial charge in [0.1, 0.15) is 0 Å². The molecule has 1 unspecified atom stereocenters. The number of hydrogen-bond donors (Lipinski definition) is 2. The second-order valence-electron chi connectivity index (χ2n) is 5.61. The lowest BCUT2D eigenvalue weighted by atomic mass is 10.1. The van der Waals surface area contributed by atoms with Crippen molar-refractivity contribution in [2.75, 3.05) is 25.0 Å². The topological polar surface area (TPSA) is 60.8 Å². The van der Waals surface area contributed by atoms with E-state index in [2.05, 4.69) is 22.9 Å². The molecule has 0 aliphatic heterocycles. The number of carbonyl (C=O) groups is 1. The smallest absolute Gasteiger partial charge is 0.233 e. The highest BCUT2D eigenvalue weighted by atomic mass is 79.9. The first-order valence-corrected chi connectivity index (χ1v) is 9.40. The second kappa shape index (κ2) is 14.8. The first kappa shape index (κ1) is 20.9. The maximum atomic E-state index is 11.6. The van der Waals surface area contributed by atoms with Crippen LogP contribution in [0.4, 0.5) is 0 Å². The molecule has 0 saturated carbocycles. The largest absolute Gasteiger partial charge is 0.395 e. The number of carbonyl (C=O) groups excluding carboxylic acids is 1. The van der Waals surface area contributed by atoms with Crippen LogP contribution < -0.4 is 0 Å². The summed E-state index contributed by atoms with van der Waals surface area (Å²) in [6, 6.07) is 0. The van der Waals surface area contributed by atoms with Crippen molar-refractivity contribution in [3.8, 4) is 0 Å². The standard InChI is InChI=1S/C16H32BrNO3/c1-2-3-4-5-6-7-8-9-10-15(20)14-18(11-12-19)16(21)13-17/h15,19-20H,2-14H2,1H3. The summed E-state index contributed by atoms with van der Waals surface area (Å²) in [7, 11) is 0. The summed E-state index contributed by atoms with van der Waals surface area (Å²) in [4.78, 5) is 13.1. The van der Waals surface area contributed by atoms with Gasteiger partial charge >= 0.3 is 0 Å². The number of nitrogens with zero attached hydrogens (tertiary/aromatic N) is 1. The maximum Gasteiger partial charge on any atom is 0.233 e. The van der Waals surface area contributed by atoms with Gasteiger partial charge < -0.3 is 15.1 Å². The number of rotatable bonds is 14. The van der Waals surface area contributed by atoms with Crippen molar-refractivity contribution >= 4 is 21.8 Å². The van der Waals surface area contributed by atoms with Crippen LogP contribution in [0.5, 0.6) is 0 Å². The fourth-order valence-corrected chi connectivity index (χ4v) is 2.74. The number of alkyl halides is 1. The fraction of sp³-hybridized carbons (Fsp3) is 0.938. The number of unbranched alkanes of at least 4 members (excludes halogenated alkanes) is 7. The SMILES string of the molecule is CCCCCCCCCCC(O)CN(CCO)C(=O)CBr. The zero-order chi connectivity index (χ0) is 15.9. The molecule has 0 spiro atoms. The molecule has 0 aromatic rings. The van der Waals surface area contributed by atoms with Crippen molar-refractivity contribution < 1.29 is 15.0 Å². The van der Waals surface area contributed by atoms with E-state index in [1.807, 2.05) is 0 Å². The van der Waals surface area contributed by atoms with Crippen LogP contribution in [0.3, 0.4) is 0 Å². The van der Waals surface area contributed by atoms with E-state index in [0.717, 1.165) is 19.3 Å². The first-order valence-electron chi connectivity index (χ1n) is 8.28. The minimum Gasteiger partial charge on any atom is -0.395 e. The minimum absolute atomic E-state index is 0.0663. The Kier molecular flexibility index (Phi) is 14.7. The van der Waals surface area contributed by atoms with Crippen molar-refractivity contribution in [1.29, 1.82) is 0 Å². The number of aliphatic hydroxyl groups excluding tert-OH is 2. The van der Waals surface area contributed by atoms with Crippen molar-refractivity contribution in [1.82, 2.24) is 4.90 Å². The Bertz CT molecular complexity index is 252. The van der Waals surface area contributed by atoms with E-state index in [-0.39, 0.29) is 17.8 Å². The lowest BCUT2D eigenvalue weighted by Crippen LogP contribution is -2.40. The van der Waals surface area contributed by atoms with Crippen molar-refractivity contribution in [3.05, 3.63) is 0 Å². The highest BCUT2D eigenvalue weighted by Crippen LogP contribution is 2.11. The first-order chi connectivity index (χ1) is 10.2. The van der Waals surface area contributed by atoms with Crippen LogP contribution in [0.15, 0.2) is 0 Å². The van der Waals surface area contributed by atoms with Crippen molar-refractivity contribution in [3.63, 3.8) is 0 Å². The monoisotopic (exact) mass is 365 g/mol. The summed E-state index contributed by atoms with van der Waals surface area (Å²) in [5.74, 6) is -0.0842. The van der Waals surface area contributed by atoms with Gasteiger partial charge in [-0.3, -0.25) is 4.79 Å². The summed E-state index contributed by atoms with van der Waals surface area (Å²) < 4.78 is 0. The Balaban J connectivity index is 3.63. The molecule has 0 aromatic heterocycles. The molecule has 0 radical (unpaired) electrons. The predicted octanol–water partition coefficient (Wildman–Crippen LogP) is 3.09. The van der Waals surface area contributed by atoms with Gasteiger partial charge in [-0.1, -0.05) is 74.2 Å². The zero-order valence-corrected chi connectivity index (χ0v) is 15.0.